The number of rotatable bonds is 4. The maximum absolute atomic E-state index is 5.95. The summed E-state index contributed by atoms with van der Waals surface area (Å²) in [4.78, 5) is 9.86. The number of thiazole rings is 1. The third-order valence-corrected chi connectivity index (χ3v) is 4.19. The molecule has 0 radical (unpaired) electrons. The topological polar surface area (TPSA) is 61.0 Å². The van der Waals surface area contributed by atoms with Gasteiger partial charge in [0.2, 0.25) is 0 Å². The number of benzene rings is 1. The van der Waals surface area contributed by atoms with E-state index in [2.05, 4.69) is 9.97 Å². The van der Waals surface area contributed by atoms with Crippen LogP contribution < -0.4 is 10.5 Å². The highest BCUT2D eigenvalue weighted by Gasteiger charge is 2.07. The summed E-state index contributed by atoms with van der Waals surface area (Å²) in [6, 6.07) is 7.57. The molecule has 0 atom stereocenters. The number of nitrogens with two attached hydrogens (primary N) is 1. The molecular weight excluding hydrogens is 270 g/mol. The fourth-order valence-corrected chi connectivity index (χ4v) is 2.87. The zero-order valence-electron chi connectivity index (χ0n) is 11.2. The monoisotopic (exact) mass is 285 g/mol. The number of hydrogen-bond donors (Lipinski definition) is 1. The molecule has 0 bridgehead atoms. The third kappa shape index (κ3) is 2.44. The average molecular weight is 285 g/mol. The van der Waals surface area contributed by atoms with Crippen LogP contribution in [0.5, 0.6) is 5.75 Å². The van der Waals surface area contributed by atoms with Crippen LogP contribution in [0.2, 0.25) is 0 Å². The van der Waals surface area contributed by atoms with Crippen molar-refractivity contribution in [2.75, 3.05) is 12.3 Å². The first-order valence-electron chi connectivity index (χ1n) is 6.40. The largest absolute Gasteiger partial charge is 0.491 e. The summed E-state index contributed by atoms with van der Waals surface area (Å²) in [5.41, 5.74) is 10.4. The predicted octanol–water partition coefficient (Wildman–Crippen LogP) is 3.20. The highest BCUT2D eigenvalue weighted by atomic mass is 32.1. The van der Waals surface area contributed by atoms with Crippen LogP contribution in [0.1, 0.15) is 10.6 Å². The van der Waals surface area contributed by atoms with Crippen molar-refractivity contribution in [2.45, 2.75) is 13.3 Å². The lowest BCUT2D eigenvalue weighted by Crippen LogP contribution is -2.02. The Morgan fingerprint density at radius 2 is 2.15 bits per heavy atom. The number of aromatic nitrogens is 2. The van der Waals surface area contributed by atoms with Crippen molar-refractivity contribution in [3.63, 3.8) is 0 Å². The zero-order valence-corrected chi connectivity index (χ0v) is 12.0. The summed E-state index contributed by atoms with van der Waals surface area (Å²) in [5.74, 6) is 0.775. The molecule has 2 N–H and O–H groups in total. The van der Waals surface area contributed by atoms with Crippen molar-refractivity contribution >= 4 is 27.9 Å². The van der Waals surface area contributed by atoms with Crippen LogP contribution in [0.3, 0.4) is 0 Å². The second kappa shape index (κ2) is 5.46. The maximum atomic E-state index is 5.95. The molecule has 1 aromatic carbocycles. The Morgan fingerprint density at radius 1 is 1.25 bits per heavy atom. The molecule has 0 aliphatic rings. The zero-order chi connectivity index (χ0) is 13.9. The number of fused-ring (bicyclic) bond motifs is 1. The summed E-state index contributed by atoms with van der Waals surface area (Å²) in [6.45, 7) is 2.63. The van der Waals surface area contributed by atoms with Crippen LogP contribution in [0, 0.1) is 6.92 Å². The minimum absolute atomic E-state index is 0.610. The second-order valence-electron chi connectivity index (χ2n) is 4.51. The maximum Gasteiger partial charge on any atom is 0.145 e. The molecule has 5 heteroatoms. The molecule has 4 nitrogen and oxygen atoms in total. The molecule has 3 aromatic rings. The van der Waals surface area contributed by atoms with Crippen molar-refractivity contribution in [2.24, 2.45) is 0 Å². The van der Waals surface area contributed by atoms with Gasteiger partial charge in [0.15, 0.2) is 0 Å². The van der Waals surface area contributed by atoms with Gasteiger partial charge in [0.25, 0.3) is 0 Å². The van der Waals surface area contributed by atoms with Gasteiger partial charge >= 0.3 is 0 Å². The van der Waals surface area contributed by atoms with Crippen molar-refractivity contribution in [3.05, 3.63) is 46.5 Å². The molecule has 0 spiro atoms. The SMILES string of the molecule is Cc1ncsc1CCOc1ccc(N)c2cccnc12. The van der Waals surface area contributed by atoms with Gasteiger partial charge in [-0.3, -0.25) is 4.98 Å². The lowest BCUT2D eigenvalue weighted by Gasteiger charge is -2.09. The lowest BCUT2D eigenvalue weighted by atomic mass is 10.1. The standard InChI is InChI=1S/C15H15N3OS/c1-10-14(20-9-18-10)6-8-19-13-5-4-12(16)11-3-2-7-17-15(11)13/h2-5,7,9H,6,8,16H2,1H3. The van der Waals surface area contributed by atoms with Crippen molar-refractivity contribution in [3.8, 4) is 5.75 Å². The van der Waals surface area contributed by atoms with Gasteiger partial charge in [-0.2, -0.15) is 0 Å². The molecule has 0 unspecified atom stereocenters. The molecule has 3 rings (SSSR count). The first-order valence-corrected chi connectivity index (χ1v) is 7.28. The van der Waals surface area contributed by atoms with Gasteiger partial charge in [0.05, 0.1) is 17.8 Å². The molecule has 0 aliphatic heterocycles. The molecule has 2 heterocycles. The quantitative estimate of drug-likeness (QED) is 0.748. The van der Waals surface area contributed by atoms with Crippen LogP contribution in [-0.2, 0) is 6.42 Å². The van der Waals surface area contributed by atoms with Gasteiger partial charge < -0.3 is 10.5 Å². The van der Waals surface area contributed by atoms with E-state index in [4.69, 9.17) is 10.5 Å². The van der Waals surface area contributed by atoms with E-state index in [0.29, 0.717) is 6.61 Å². The van der Waals surface area contributed by atoms with E-state index in [1.807, 2.05) is 36.7 Å². The first-order chi connectivity index (χ1) is 9.75. The van der Waals surface area contributed by atoms with Gasteiger partial charge in [-0.05, 0) is 31.2 Å². The molecule has 0 saturated heterocycles. The van der Waals surface area contributed by atoms with Gasteiger partial charge in [-0.1, -0.05) is 0 Å². The summed E-state index contributed by atoms with van der Waals surface area (Å²) >= 11 is 1.66. The van der Waals surface area contributed by atoms with E-state index in [9.17, 15) is 0 Å². The predicted molar refractivity (Wildman–Crippen MR) is 82.2 cm³/mol. The molecule has 2 aromatic heterocycles. The number of nitrogen functional groups attached to an aromatic ring is 1. The van der Waals surface area contributed by atoms with E-state index in [0.717, 1.165) is 34.5 Å². The summed E-state index contributed by atoms with van der Waals surface area (Å²) < 4.78 is 5.86. The fraction of sp³-hybridized carbons (Fsp3) is 0.200. The number of aryl methyl sites for hydroxylation is 1. The highest BCUT2D eigenvalue weighted by molar-refractivity contribution is 7.09. The average Bonchev–Trinajstić information content (AvgIpc) is 2.87. The van der Waals surface area contributed by atoms with Crippen molar-refractivity contribution in [1.82, 2.24) is 9.97 Å². The van der Waals surface area contributed by atoms with Gasteiger partial charge in [0.1, 0.15) is 11.3 Å². The van der Waals surface area contributed by atoms with Gasteiger partial charge in [0, 0.05) is 28.6 Å². The second-order valence-corrected chi connectivity index (χ2v) is 5.45. The molecule has 0 saturated carbocycles. The Balaban J connectivity index is 1.78. The minimum atomic E-state index is 0.610. The van der Waals surface area contributed by atoms with Crippen LogP contribution in [0.15, 0.2) is 36.0 Å². The molecule has 0 aliphatic carbocycles. The minimum Gasteiger partial charge on any atom is -0.491 e. The van der Waals surface area contributed by atoms with Gasteiger partial charge in [-0.25, -0.2) is 4.98 Å². The van der Waals surface area contributed by atoms with Crippen molar-refractivity contribution in [1.29, 1.82) is 0 Å². The summed E-state index contributed by atoms with van der Waals surface area (Å²) in [5, 5.41) is 0.930. The van der Waals surface area contributed by atoms with Crippen LogP contribution in [-0.4, -0.2) is 16.6 Å². The van der Waals surface area contributed by atoms with Crippen LogP contribution in [0.4, 0.5) is 5.69 Å². The Hall–Kier alpha value is -2.14. The molecule has 0 amide bonds. The number of pyridine rings is 1. The van der Waals surface area contributed by atoms with E-state index < -0.39 is 0 Å². The summed E-state index contributed by atoms with van der Waals surface area (Å²) in [7, 11) is 0. The van der Waals surface area contributed by atoms with Crippen molar-refractivity contribution < 1.29 is 4.74 Å². The Kier molecular flexibility index (Phi) is 3.52. The van der Waals surface area contributed by atoms with E-state index in [1.54, 1.807) is 17.5 Å². The molecule has 20 heavy (non-hydrogen) atoms. The van der Waals surface area contributed by atoms with E-state index in [1.165, 1.54) is 4.88 Å². The normalized spacial score (nSPS) is 10.8. The fourth-order valence-electron chi connectivity index (χ4n) is 2.11. The first kappa shape index (κ1) is 12.9. The van der Waals surface area contributed by atoms with Gasteiger partial charge in [-0.15, -0.1) is 11.3 Å². The smallest absolute Gasteiger partial charge is 0.145 e. The molecular formula is C15H15N3OS. The molecule has 102 valence electrons. The number of nitrogens with zero attached hydrogens (tertiary/aromatic N) is 2. The van der Waals surface area contributed by atoms with Crippen LogP contribution >= 0.6 is 11.3 Å². The number of ether oxygens (including phenoxy) is 1. The van der Waals surface area contributed by atoms with Crippen LogP contribution in [0.25, 0.3) is 10.9 Å². The highest BCUT2D eigenvalue weighted by Crippen LogP contribution is 2.28. The van der Waals surface area contributed by atoms with E-state index >= 15 is 0 Å². The number of anilines is 1. The Bertz CT molecular complexity index is 739. The Morgan fingerprint density at radius 3 is 2.95 bits per heavy atom. The molecule has 0 fully saturated rings. The lowest BCUT2D eigenvalue weighted by molar-refractivity contribution is 0.326. The Labute approximate surface area is 121 Å². The summed E-state index contributed by atoms with van der Waals surface area (Å²) in [6.07, 6.45) is 2.61. The van der Waals surface area contributed by atoms with E-state index in [-0.39, 0.29) is 0 Å². The number of hydrogen-bond acceptors (Lipinski definition) is 5. The third-order valence-electron chi connectivity index (χ3n) is 3.20.